The predicted molar refractivity (Wildman–Crippen MR) is 75.6 cm³/mol. The minimum atomic E-state index is -0.584. The minimum absolute atomic E-state index is 0.176. The van der Waals surface area contributed by atoms with Crippen LogP contribution in [0, 0.1) is 15.9 Å². The van der Waals surface area contributed by atoms with E-state index in [0.29, 0.717) is 5.69 Å². The molecule has 0 radical (unpaired) electrons. The molecule has 1 aromatic heterocycles. The van der Waals surface area contributed by atoms with Crippen molar-refractivity contribution in [3.05, 3.63) is 52.9 Å². The lowest BCUT2D eigenvalue weighted by atomic mass is 10.2. The molecule has 110 valence electrons. The normalized spacial score (nSPS) is 18.1. The van der Waals surface area contributed by atoms with Crippen molar-refractivity contribution in [3.63, 3.8) is 0 Å². The van der Waals surface area contributed by atoms with E-state index in [4.69, 9.17) is 0 Å². The molecule has 0 N–H and O–H groups in total. The Morgan fingerprint density at radius 3 is 3.00 bits per heavy atom. The molecule has 1 aliphatic heterocycles. The van der Waals surface area contributed by atoms with Crippen molar-refractivity contribution in [3.8, 4) is 0 Å². The van der Waals surface area contributed by atoms with Crippen LogP contribution in [0.1, 0.15) is 12.8 Å². The summed E-state index contributed by atoms with van der Waals surface area (Å²) in [4.78, 5) is 16.1. The molecule has 1 atom stereocenters. The molecular weight excluding hydrogens is 275 g/mol. The van der Waals surface area contributed by atoms with Crippen LogP contribution in [0.3, 0.4) is 0 Å². The highest BCUT2D eigenvalue weighted by molar-refractivity contribution is 5.53. The van der Waals surface area contributed by atoms with E-state index in [9.17, 15) is 14.5 Å². The van der Waals surface area contributed by atoms with Crippen LogP contribution in [0.25, 0.3) is 0 Å². The second kappa shape index (κ2) is 5.51. The van der Waals surface area contributed by atoms with Gasteiger partial charge in [0.2, 0.25) is 0 Å². The van der Waals surface area contributed by atoms with Gasteiger partial charge in [0.1, 0.15) is 0 Å². The number of benzene rings is 1. The molecule has 6 nitrogen and oxygen atoms in total. The zero-order chi connectivity index (χ0) is 14.8. The summed E-state index contributed by atoms with van der Waals surface area (Å²) >= 11 is 0. The van der Waals surface area contributed by atoms with Crippen LogP contribution in [0.5, 0.6) is 0 Å². The fourth-order valence-electron chi connectivity index (χ4n) is 2.82. The number of non-ortho nitro benzene ring substituents is 1. The van der Waals surface area contributed by atoms with E-state index in [1.807, 2.05) is 15.7 Å². The molecule has 7 heteroatoms. The summed E-state index contributed by atoms with van der Waals surface area (Å²) in [5, 5.41) is 10.7. The summed E-state index contributed by atoms with van der Waals surface area (Å²) in [6.45, 7) is 1.49. The number of nitro benzene ring substituents is 1. The van der Waals surface area contributed by atoms with Crippen LogP contribution in [0.15, 0.2) is 36.9 Å². The second-order valence-electron chi connectivity index (χ2n) is 5.14. The van der Waals surface area contributed by atoms with Crippen LogP contribution in [-0.2, 0) is 6.54 Å². The SMILES string of the molecule is O=[N+]([O-])c1ccc(N2CCCC2Cn2ccnc2)c(F)c1. The van der Waals surface area contributed by atoms with E-state index in [2.05, 4.69) is 4.98 Å². The van der Waals surface area contributed by atoms with Crippen molar-refractivity contribution in [2.24, 2.45) is 0 Å². The highest BCUT2D eigenvalue weighted by Crippen LogP contribution is 2.30. The van der Waals surface area contributed by atoms with Crippen LogP contribution in [0.2, 0.25) is 0 Å². The van der Waals surface area contributed by atoms with Gasteiger partial charge in [-0.1, -0.05) is 0 Å². The molecule has 1 aliphatic rings. The Kier molecular flexibility index (Phi) is 3.55. The van der Waals surface area contributed by atoms with Gasteiger partial charge in [0.25, 0.3) is 5.69 Å². The number of imidazole rings is 1. The third-order valence-electron chi connectivity index (χ3n) is 3.81. The molecule has 0 spiro atoms. The number of aromatic nitrogens is 2. The van der Waals surface area contributed by atoms with E-state index in [1.165, 1.54) is 12.1 Å². The Bertz CT molecular complexity index is 644. The maximum atomic E-state index is 14.1. The third-order valence-corrected chi connectivity index (χ3v) is 3.81. The van der Waals surface area contributed by atoms with Gasteiger partial charge in [-0.05, 0) is 18.9 Å². The molecule has 1 saturated heterocycles. The smallest absolute Gasteiger partial charge is 0.272 e. The first kappa shape index (κ1) is 13.5. The van der Waals surface area contributed by atoms with Gasteiger partial charge in [-0.2, -0.15) is 0 Å². The molecule has 0 bridgehead atoms. The first-order valence-corrected chi connectivity index (χ1v) is 6.81. The predicted octanol–water partition coefficient (Wildman–Crippen LogP) is 2.60. The first-order chi connectivity index (χ1) is 10.1. The number of halogens is 1. The van der Waals surface area contributed by atoms with Gasteiger partial charge in [0.15, 0.2) is 5.82 Å². The van der Waals surface area contributed by atoms with Crippen molar-refractivity contribution in [2.75, 3.05) is 11.4 Å². The quantitative estimate of drug-likeness (QED) is 0.641. The molecule has 0 saturated carbocycles. The standard InChI is InChI=1S/C14H15FN4O2/c15-13-8-11(19(20)21)3-4-14(13)18-6-1-2-12(18)9-17-7-5-16-10-17/h3-5,7-8,10,12H,1-2,6,9H2. The minimum Gasteiger partial charge on any atom is -0.364 e. The summed E-state index contributed by atoms with van der Waals surface area (Å²) in [6, 6.07) is 4.02. The van der Waals surface area contributed by atoms with Gasteiger partial charge in [-0.3, -0.25) is 10.1 Å². The fourth-order valence-corrected chi connectivity index (χ4v) is 2.82. The van der Waals surface area contributed by atoms with Gasteiger partial charge in [-0.25, -0.2) is 9.37 Å². The summed E-state index contributed by atoms with van der Waals surface area (Å²) in [7, 11) is 0. The number of rotatable bonds is 4. The van der Waals surface area contributed by atoms with Crippen molar-refractivity contribution in [1.82, 2.24) is 9.55 Å². The van der Waals surface area contributed by atoms with Gasteiger partial charge < -0.3 is 9.47 Å². The average Bonchev–Trinajstić information content (AvgIpc) is 3.11. The number of nitro groups is 1. The van der Waals surface area contributed by atoms with Crippen LogP contribution >= 0.6 is 0 Å². The van der Waals surface area contributed by atoms with Gasteiger partial charge in [0.05, 0.1) is 23.0 Å². The summed E-state index contributed by atoms with van der Waals surface area (Å²) in [5.41, 5.74) is 0.213. The first-order valence-electron chi connectivity index (χ1n) is 6.81. The van der Waals surface area contributed by atoms with Crippen molar-refractivity contribution >= 4 is 11.4 Å². The zero-order valence-electron chi connectivity index (χ0n) is 11.4. The number of nitrogens with zero attached hydrogens (tertiary/aromatic N) is 4. The Labute approximate surface area is 121 Å². The van der Waals surface area contributed by atoms with Gasteiger partial charge >= 0.3 is 0 Å². The Morgan fingerprint density at radius 1 is 1.48 bits per heavy atom. The Balaban J connectivity index is 1.83. The molecule has 0 aliphatic carbocycles. The molecule has 21 heavy (non-hydrogen) atoms. The zero-order valence-corrected chi connectivity index (χ0v) is 11.4. The van der Waals surface area contributed by atoms with Crippen LogP contribution in [-0.4, -0.2) is 27.1 Å². The highest BCUT2D eigenvalue weighted by Gasteiger charge is 2.27. The van der Waals surface area contributed by atoms with Gasteiger partial charge in [-0.15, -0.1) is 0 Å². The topological polar surface area (TPSA) is 64.2 Å². The van der Waals surface area contributed by atoms with E-state index < -0.39 is 10.7 Å². The largest absolute Gasteiger partial charge is 0.364 e. The summed E-state index contributed by atoms with van der Waals surface area (Å²) < 4.78 is 16.1. The van der Waals surface area contributed by atoms with E-state index >= 15 is 0 Å². The molecule has 2 heterocycles. The molecule has 3 rings (SSSR count). The van der Waals surface area contributed by atoms with Crippen LogP contribution < -0.4 is 4.90 Å². The molecule has 1 unspecified atom stereocenters. The fraction of sp³-hybridized carbons (Fsp3) is 0.357. The Hall–Kier alpha value is -2.44. The lowest BCUT2D eigenvalue weighted by molar-refractivity contribution is -0.385. The van der Waals surface area contributed by atoms with E-state index in [1.54, 1.807) is 12.5 Å². The lowest BCUT2D eigenvalue weighted by Crippen LogP contribution is -2.33. The summed E-state index contributed by atoms with van der Waals surface area (Å²) in [5.74, 6) is -0.540. The average molecular weight is 290 g/mol. The monoisotopic (exact) mass is 290 g/mol. The molecule has 0 amide bonds. The molecule has 2 aromatic rings. The Morgan fingerprint density at radius 2 is 2.33 bits per heavy atom. The van der Waals surface area contributed by atoms with Gasteiger partial charge in [0, 0.05) is 37.6 Å². The highest BCUT2D eigenvalue weighted by atomic mass is 19.1. The number of hydrogen-bond acceptors (Lipinski definition) is 4. The number of hydrogen-bond donors (Lipinski definition) is 0. The third kappa shape index (κ3) is 2.72. The van der Waals surface area contributed by atoms with Crippen molar-refractivity contribution in [1.29, 1.82) is 0 Å². The molecule has 1 fully saturated rings. The second-order valence-corrected chi connectivity index (χ2v) is 5.14. The lowest BCUT2D eigenvalue weighted by Gasteiger charge is -2.27. The summed E-state index contributed by atoms with van der Waals surface area (Å²) in [6.07, 6.45) is 7.28. The number of anilines is 1. The van der Waals surface area contributed by atoms with E-state index in [-0.39, 0.29) is 11.7 Å². The molecule has 1 aromatic carbocycles. The van der Waals surface area contributed by atoms with E-state index in [0.717, 1.165) is 32.0 Å². The van der Waals surface area contributed by atoms with Crippen molar-refractivity contribution in [2.45, 2.75) is 25.4 Å². The van der Waals surface area contributed by atoms with Crippen LogP contribution in [0.4, 0.5) is 15.8 Å². The van der Waals surface area contributed by atoms with Crippen molar-refractivity contribution < 1.29 is 9.31 Å². The maximum Gasteiger partial charge on any atom is 0.272 e. The molecular formula is C14H15FN4O2. The maximum absolute atomic E-state index is 14.1.